The summed E-state index contributed by atoms with van der Waals surface area (Å²) in [6.45, 7) is 2.43. The first-order chi connectivity index (χ1) is 7.20. The molecule has 15 heavy (non-hydrogen) atoms. The van der Waals surface area contributed by atoms with Gasteiger partial charge < -0.3 is 10.3 Å². The second-order valence-corrected chi connectivity index (χ2v) is 3.82. The fraction of sp³-hybridized carbons (Fsp3) is 0.182. The molecule has 4 heteroatoms. The van der Waals surface area contributed by atoms with E-state index in [4.69, 9.17) is 17.3 Å². The quantitative estimate of drug-likeness (QED) is 0.846. The van der Waals surface area contributed by atoms with Crippen LogP contribution in [0.25, 0.3) is 5.69 Å². The molecule has 0 fully saturated rings. The van der Waals surface area contributed by atoms with Crippen LogP contribution in [0.4, 0.5) is 0 Å². The van der Waals surface area contributed by atoms with Crippen molar-refractivity contribution in [2.24, 2.45) is 5.73 Å². The highest BCUT2D eigenvalue weighted by molar-refractivity contribution is 6.31. The third-order valence-electron chi connectivity index (χ3n) is 2.30. The van der Waals surface area contributed by atoms with Gasteiger partial charge in [-0.1, -0.05) is 17.7 Å². The highest BCUT2D eigenvalue weighted by atomic mass is 35.5. The van der Waals surface area contributed by atoms with E-state index in [0.29, 0.717) is 6.54 Å². The van der Waals surface area contributed by atoms with Crippen LogP contribution in [0.1, 0.15) is 11.3 Å². The van der Waals surface area contributed by atoms with Crippen molar-refractivity contribution in [3.8, 4) is 5.69 Å². The van der Waals surface area contributed by atoms with E-state index in [1.165, 1.54) is 0 Å². The molecule has 1 aromatic carbocycles. The average molecular weight is 222 g/mol. The second kappa shape index (κ2) is 4.04. The predicted octanol–water partition coefficient (Wildman–Crippen LogP) is 2.29. The van der Waals surface area contributed by atoms with Crippen LogP contribution in [-0.4, -0.2) is 9.55 Å². The molecule has 0 atom stereocenters. The third kappa shape index (κ3) is 2.03. The van der Waals surface area contributed by atoms with Crippen LogP contribution in [-0.2, 0) is 6.54 Å². The molecule has 0 amide bonds. The first kappa shape index (κ1) is 10.2. The van der Waals surface area contributed by atoms with Crippen molar-refractivity contribution < 1.29 is 0 Å². The lowest BCUT2D eigenvalue weighted by molar-refractivity contribution is 1.01. The number of aryl methyl sites for hydroxylation is 1. The molecule has 0 aliphatic heterocycles. The minimum Gasteiger partial charge on any atom is -0.325 e. The highest BCUT2D eigenvalue weighted by Gasteiger charge is 2.01. The molecular formula is C11H12ClN3. The Morgan fingerprint density at radius 2 is 2.27 bits per heavy atom. The minimum atomic E-state index is 0.451. The van der Waals surface area contributed by atoms with Crippen LogP contribution in [0.15, 0.2) is 30.7 Å². The number of halogens is 1. The van der Waals surface area contributed by atoms with E-state index in [1.54, 1.807) is 6.33 Å². The van der Waals surface area contributed by atoms with Gasteiger partial charge in [0.05, 0.1) is 12.0 Å². The van der Waals surface area contributed by atoms with Crippen molar-refractivity contribution in [3.05, 3.63) is 47.0 Å². The van der Waals surface area contributed by atoms with Gasteiger partial charge in [0.1, 0.15) is 0 Å². The van der Waals surface area contributed by atoms with E-state index >= 15 is 0 Å². The van der Waals surface area contributed by atoms with E-state index in [2.05, 4.69) is 4.98 Å². The highest BCUT2D eigenvalue weighted by Crippen LogP contribution is 2.19. The summed E-state index contributed by atoms with van der Waals surface area (Å²) in [6.07, 6.45) is 3.64. The molecule has 0 aliphatic carbocycles. The summed E-state index contributed by atoms with van der Waals surface area (Å²) in [4.78, 5) is 4.16. The lowest BCUT2D eigenvalue weighted by Crippen LogP contribution is -1.96. The average Bonchev–Trinajstić information content (AvgIpc) is 2.70. The molecule has 0 spiro atoms. The van der Waals surface area contributed by atoms with E-state index in [9.17, 15) is 0 Å². The van der Waals surface area contributed by atoms with Gasteiger partial charge in [0, 0.05) is 23.5 Å². The van der Waals surface area contributed by atoms with Gasteiger partial charge in [-0.2, -0.15) is 0 Å². The number of benzene rings is 1. The minimum absolute atomic E-state index is 0.451. The van der Waals surface area contributed by atoms with Crippen LogP contribution >= 0.6 is 11.6 Å². The van der Waals surface area contributed by atoms with Crippen LogP contribution in [0.5, 0.6) is 0 Å². The molecule has 78 valence electrons. The summed E-state index contributed by atoms with van der Waals surface area (Å²) >= 11 is 6.05. The summed E-state index contributed by atoms with van der Waals surface area (Å²) < 4.78 is 1.91. The molecule has 0 bridgehead atoms. The summed E-state index contributed by atoms with van der Waals surface area (Å²) in [5.74, 6) is 0. The maximum Gasteiger partial charge on any atom is 0.0995 e. The molecule has 0 unspecified atom stereocenters. The fourth-order valence-corrected chi connectivity index (χ4v) is 1.53. The lowest BCUT2D eigenvalue weighted by Gasteiger charge is -2.04. The number of hydrogen-bond acceptors (Lipinski definition) is 2. The van der Waals surface area contributed by atoms with Gasteiger partial charge >= 0.3 is 0 Å². The Balaban J connectivity index is 2.40. The first-order valence-electron chi connectivity index (χ1n) is 4.70. The van der Waals surface area contributed by atoms with Gasteiger partial charge in [0.2, 0.25) is 0 Å². The lowest BCUT2D eigenvalue weighted by atomic mass is 10.2. The predicted molar refractivity (Wildman–Crippen MR) is 61.2 cm³/mol. The molecule has 0 radical (unpaired) electrons. The number of imidazole rings is 1. The summed E-state index contributed by atoms with van der Waals surface area (Å²) in [5, 5.41) is 0.760. The van der Waals surface area contributed by atoms with Crippen LogP contribution in [0.3, 0.4) is 0 Å². The van der Waals surface area contributed by atoms with Crippen molar-refractivity contribution in [1.82, 2.24) is 9.55 Å². The topological polar surface area (TPSA) is 43.8 Å². The molecular weight excluding hydrogens is 210 g/mol. The molecule has 0 saturated carbocycles. The zero-order valence-corrected chi connectivity index (χ0v) is 9.20. The number of nitrogens with zero attached hydrogens (tertiary/aromatic N) is 2. The third-order valence-corrected chi connectivity index (χ3v) is 2.71. The van der Waals surface area contributed by atoms with E-state index in [0.717, 1.165) is 22.0 Å². The van der Waals surface area contributed by atoms with Gasteiger partial charge in [-0.3, -0.25) is 0 Å². The first-order valence-corrected chi connectivity index (χ1v) is 5.08. The molecule has 3 nitrogen and oxygen atoms in total. The Morgan fingerprint density at radius 3 is 2.87 bits per heavy atom. The normalized spacial score (nSPS) is 10.6. The van der Waals surface area contributed by atoms with Gasteiger partial charge in [0.15, 0.2) is 0 Å². The number of aromatic nitrogens is 2. The summed E-state index contributed by atoms with van der Waals surface area (Å²) in [7, 11) is 0. The molecule has 0 aliphatic rings. The van der Waals surface area contributed by atoms with Gasteiger partial charge in [0.25, 0.3) is 0 Å². The number of rotatable bonds is 2. The van der Waals surface area contributed by atoms with Crippen molar-refractivity contribution in [3.63, 3.8) is 0 Å². The Hall–Kier alpha value is -1.32. The molecule has 2 rings (SSSR count). The maximum atomic E-state index is 6.05. The van der Waals surface area contributed by atoms with E-state index in [-0.39, 0.29) is 0 Å². The number of hydrogen-bond donors (Lipinski definition) is 1. The van der Waals surface area contributed by atoms with Crippen molar-refractivity contribution in [2.45, 2.75) is 13.5 Å². The van der Waals surface area contributed by atoms with Crippen molar-refractivity contribution >= 4 is 11.6 Å². The molecule has 0 saturated heterocycles. The molecule has 2 aromatic rings. The Labute approximate surface area is 93.5 Å². The SMILES string of the molecule is Cc1ccc(-n2cnc(CN)c2)cc1Cl. The standard InChI is InChI=1S/C11H12ClN3/c1-8-2-3-10(4-11(8)12)15-6-9(5-13)14-7-15/h2-4,6-7H,5,13H2,1H3. The van der Waals surface area contributed by atoms with Crippen LogP contribution in [0, 0.1) is 6.92 Å². The van der Waals surface area contributed by atoms with Gasteiger partial charge in [-0.25, -0.2) is 4.98 Å². The van der Waals surface area contributed by atoms with Crippen molar-refractivity contribution in [1.29, 1.82) is 0 Å². The maximum absolute atomic E-state index is 6.05. The second-order valence-electron chi connectivity index (χ2n) is 3.41. The Morgan fingerprint density at radius 1 is 1.47 bits per heavy atom. The summed E-state index contributed by atoms with van der Waals surface area (Å²) in [6, 6.07) is 5.90. The van der Waals surface area contributed by atoms with Gasteiger partial charge in [-0.15, -0.1) is 0 Å². The van der Waals surface area contributed by atoms with Crippen molar-refractivity contribution in [2.75, 3.05) is 0 Å². The largest absolute Gasteiger partial charge is 0.325 e. The Kier molecular flexibility index (Phi) is 2.75. The molecule has 1 aromatic heterocycles. The summed E-state index contributed by atoms with van der Waals surface area (Å²) in [5.41, 5.74) is 8.43. The van der Waals surface area contributed by atoms with Crippen LogP contribution in [0.2, 0.25) is 5.02 Å². The van der Waals surface area contributed by atoms with Gasteiger partial charge in [-0.05, 0) is 24.6 Å². The smallest absolute Gasteiger partial charge is 0.0995 e. The zero-order chi connectivity index (χ0) is 10.8. The molecule has 2 N–H and O–H groups in total. The Bertz CT molecular complexity index is 476. The van der Waals surface area contributed by atoms with Crippen LogP contribution < -0.4 is 5.73 Å². The monoisotopic (exact) mass is 221 g/mol. The molecule has 1 heterocycles. The number of nitrogens with two attached hydrogens (primary N) is 1. The fourth-order valence-electron chi connectivity index (χ4n) is 1.35. The zero-order valence-electron chi connectivity index (χ0n) is 8.44. The van der Waals surface area contributed by atoms with E-state index in [1.807, 2.05) is 35.9 Å². The van der Waals surface area contributed by atoms with E-state index < -0.39 is 0 Å².